The minimum absolute atomic E-state index is 0.0240. The number of rotatable bonds is 4. The molecule has 0 spiro atoms. The molecule has 1 heterocycles. The number of benzene rings is 2. The number of aryl methyl sites for hydroxylation is 2. The van der Waals surface area contributed by atoms with Crippen molar-refractivity contribution >= 4 is 10.8 Å². The normalized spacial score (nSPS) is 12.8. The number of pyridine rings is 1. The third-order valence-electron chi connectivity index (χ3n) is 5.05. The van der Waals surface area contributed by atoms with E-state index < -0.39 is 0 Å². The van der Waals surface area contributed by atoms with Gasteiger partial charge in [0, 0.05) is 20.1 Å². The molecule has 1 aromatic heterocycles. The molecule has 3 aromatic rings. The van der Waals surface area contributed by atoms with E-state index in [1.165, 1.54) is 38.7 Å². The largest absolute Gasteiger partial charge is 0.324 e. The van der Waals surface area contributed by atoms with Crippen molar-refractivity contribution in [3.63, 3.8) is 0 Å². The predicted octanol–water partition coefficient (Wildman–Crippen LogP) is 5.70. The SMILES string of the molecule is CO[C@H](C)[n+]1ccc2cc(C(C)C)ccc2c1-c1cc(C)ccc1C. The van der Waals surface area contributed by atoms with Crippen molar-refractivity contribution in [1.29, 1.82) is 0 Å². The van der Waals surface area contributed by atoms with Gasteiger partial charge in [0.25, 0.3) is 6.23 Å². The molecule has 2 aromatic carbocycles. The van der Waals surface area contributed by atoms with Crippen LogP contribution in [0.15, 0.2) is 48.7 Å². The minimum atomic E-state index is -0.0240. The van der Waals surface area contributed by atoms with E-state index in [0.717, 1.165) is 0 Å². The van der Waals surface area contributed by atoms with Gasteiger partial charge in [-0.3, -0.25) is 0 Å². The summed E-state index contributed by atoms with van der Waals surface area (Å²) in [4.78, 5) is 0. The van der Waals surface area contributed by atoms with Gasteiger partial charge < -0.3 is 4.74 Å². The van der Waals surface area contributed by atoms with Gasteiger partial charge in [-0.2, -0.15) is 4.57 Å². The Morgan fingerprint density at radius 1 is 0.920 bits per heavy atom. The Hall–Kier alpha value is -2.19. The maximum Gasteiger partial charge on any atom is 0.259 e. The number of nitrogens with zero attached hydrogens (tertiary/aromatic N) is 1. The highest BCUT2D eigenvalue weighted by atomic mass is 16.5. The molecule has 3 rings (SSSR count). The van der Waals surface area contributed by atoms with E-state index in [1.807, 2.05) is 0 Å². The monoisotopic (exact) mass is 334 g/mol. The Morgan fingerprint density at radius 2 is 1.68 bits per heavy atom. The molecule has 0 saturated carbocycles. The van der Waals surface area contributed by atoms with Crippen LogP contribution in [0.5, 0.6) is 0 Å². The third-order valence-corrected chi connectivity index (χ3v) is 5.05. The first kappa shape index (κ1) is 17.6. The van der Waals surface area contributed by atoms with Crippen molar-refractivity contribution in [2.75, 3.05) is 7.11 Å². The molecule has 0 saturated heterocycles. The second-order valence-corrected chi connectivity index (χ2v) is 7.23. The summed E-state index contributed by atoms with van der Waals surface area (Å²) in [6, 6.07) is 15.7. The summed E-state index contributed by atoms with van der Waals surface area (Å²) in [5.74, 6) is 0.527. The van der Waals surface area contributed by atoms with Crippen LogP contribution in [-0.2, 0) is 4.74 Å². The van der Waals surface area contributed by atoms with Gasteiger partial charge >= 0.3 is 0 Å². The van der Waals surface area contributed by atoms with Gasteiger partial charge in [-0.25, -0.2) is 0 Å². The lowest BCUT2D eigenvalue weighted by Crippen LogP contribution is -2.41. The zero-order chi connectivity index (χ0) is 18.1. The topological polar surface area (TPSA) is 13.1 Å². The number of hydrogen-bond donors (Lipinski definition) is 0. The number of hydrogen-bond acceptors (Lipinski definition) is 1. The van der Waals surface area contributed by atoms with Crippen LogP contribution in [0.4, 0.5) is 0 Å². The van der Waals surface area contributed by atoms with Gasteiger partial charge in [0.2, 0.25) is 5.69 Å². The Balaban J connectivity index is 2.37. The number of methoxy groups -OCH3 is 1. The van der Waals surface area contributed by atoms with Crippen LogP contribution in [0.2, 0.25) is 0 Å². The molecule has 130 valence electrons. The average molecular weight is 334 g/mol. The fraction of sp³-hybridized carbons (Fsp3) is 0.348. The van der Waals surface area contributed by atoms with Crippen LogP contribution in [0, 0.1) is 13.8 Å². The Labute approximate surface area is 151 Å². The summed E-state index contributed by atoms with van der Waals surface area (Å²) in [7, 11) is 1.76. The quantitative estimate of drug-likeness (QED) is 0.558. The fourth-order valence-corrected chi connectivity index (χ4v) is 3.36. The smallest absolute Gasteiger partial charge is 0.259 e. The highest BCUT2D eigenvalue weighted by Gasteiger charge is 2.24. The van der Waals surface area contributed by atoms with Crippen molar-refractivity contribution in [3.05, 3.63) is 65.4 Å². The summed E-state index contributed by atoms with van der Waals surface area (Å²) < 4.78 is 7.88. The van der Waals surface area contributed by atoms with Gasteiger partial charge in [0.05, 0.1) is 10.9 Å². The van der Waals surface area contributed by atoms with E-state index in [1.54, 1.807) is 7.11 Å². The molecule has 0 bridgehead atoms. The molecule has 0 aliphatic heterocycles. The summed E-state index contributed by atoms with van der Waals surface area (Å²) in [6.45, 7) is 10.9. The Bertz CT molecular complexity index is 911. The lowest BCUT2D eigenvalue weighted by Gasteiger charge is -2.15. The molecule has 2 heteroatoms. The zero-order valence-electron chi connectivity index (χ0n) is 16.1. The lowest BCUT2D eigenvalue weighted by molar-refractivity contribution is -0.746. The summed E-state index contributed by atoms with van der Waals surface area (Å²) in [6.07, 6.45) is 2.13. The number of aromatic nitrogens is 1. The van der Waals surface area contributed by atoms with E-state index in [0.29, 0.717) is 5.92 Å². The van der Waals surface area contributed by atoms with Crippen LogP contribution in [-0.4, -0.2) is 7.11 Å². The molecule has 25 heavy (non-hydrogen) atoms. The number of fused-ring (bicyclic) bond motifs is 1. The van der Waals surface area contributed by atoms with Crippen LogP contribution in [0.3, 0.4) is 0 Å². The summed E-state index contributed by atoms with van der Waals surface area (Å²) >= 11 is 0. The highest BCUT2D eigenvalue weighted by Crippen LogP contribution is 2.31. The fourth-order valence-electron chi connectivity index (χ4n) is 3.36. The van der Waals surface area contributed by atoms with Crippen LogP contribution < -0.4 is 4.57 Å². The maximum atomic E-state index is 5.64. The van der Waals surface area contributed by atoms with E-state index in [2.05, 4.69) is 87.8 Å². The minimum Gasteiger partial charge on any atom is -0.324 e. The zero-order valence-corrected chi connectivity index (χ0v) is 16.1. The molecular formula is C23H28NO+. The molecule has 0 fully saturated rings. The van der Waals surface area contributed by atoms with E-state index in [-0.39, 0.29) is 6.23 Å². The van der Waals surface area contributed by atoms with Crippen LogP contribution >= 0.6 is 0 Å². The van der Waals surface area contributed by atoms with Crippen molar-refractivity contribution in [1.82, 2.24) is 0 Å². The summed E-state index contributed by atoms with van der Waals surface area (Å²) in [5, 5.41) is 2.55. The van der Waals surface area contributed by atoms with Gasteiger partial charge in [-0.15, -0.1) is 0 Å². The van der Waals surface area contributed by atoms with Gasteiger partial charge in [0.15, 0.2) is 6.20 Å². The molecular weight excluding hydrogens is 306 g/mol. The molecule has 2 nitrogen and oxygen atoms in total. The van der Waals surface area contributed by atoms with Gasteiger partial charge in [0.1, 0.15) is 0 Å². The standard InChI is InChI=1S/C23H28NO/c1-15(2)19-9-10-21-20(14-19)11-12-24(18(5)25-6)23(21)22-13-16(3)7-8-17(22)4/h7-15,18H,1-6H3/q+1/t18-/m1/s1. The molecule has 0 N–H and O–H groups in total. The van der Waals surface area contributed by atoms with E-state index >= 15 is 0 Å². The molecule has 1 atom stereocenters. The summed E-state index contributed by atoms with van der Waals surface area (Å²) in [5.41, 5.74) is 6.42. The lowest BCUT2D eigenvalue weighted by atomic mass is 9.94. The highest BCUT2D eigenvalue weighted by molar-refractivity contribution is 5.94. The second kappa shape index (κ2) is 6.97. The Kier molecular flexibility index (Phi) is 4.91. The predicted molar refractivity (Wildman–Crippen MR) is 105 cm³/mol. The molecule has 0 amide bonds. The molecule has 0 radical (unpaired) electrons. The molecule has 0 unspecified atom stereocenters. The van der Waals surface area contributed by atoms with Crippen molar-refractivity contribution in [2.24, 2.45) is 0 Å². The van der Waals surface area contributed by atoms with Gasteiger partial charge in [-0.05, 0) is 48.4 Å². The van der Waals surface area contributed by atoms with Crippen molar-refractivity contribution in [2.45, 2.75) is 46.8 Å². The van der Waals surface area contributed by atoms with Gasteiger partial charge in [-0.1, -0.05) is 43.7 Å². The average Bonchev–Trinajstić information content (AvgIpc) is 2.61. The van der Waals surface area contributed by atoms with E-state index in [4.69, 9.17) is 4.74 Å². The molecule has 0 aliphatic rings. The van der Waals surface area contributed by atoms with Crippen LogP contribution in [0.1, 0.15) is 49.6 Å². The first-order chi connectivity index (χ1) is 11.9. The van der Waals surface area contributed by atoms with E-state index in [9.17, 15) is 0 Å². The first-order valence-electron chi connectivity index (χ1n) is 9.00. The molecule has 0 aliphatic carbocycles. The Morgan fingerprint density at radius 3 is 2.36 bits per heavy atom. The first-order valence-corrected chi connectivity index (χ1v) is 9.00. The van der Waals surface area contributed by atoms with Crippen LogP contribution in [0.25, 0.3) is 22.0 Å². The number of ether oxygens (including phenoxy) is 1. The van der Waals surface area contributed by atoms with Crippen molar-refractivity contribution < 1.29 is 9.30 Å². The second-order valence-electron chi connectivity index (χ2n) is 7.23. The van der Waals surface area contributed by atoms with Crippen molar-refractivity contribution in [3.8, 4) is 11.3 Å². The maximum absolute atomic E-state index is 5.64. The third kappa shape index (κ3) is 3.32.